The molecule has 1 aliphatic rings. The summed E-state index contributed by atoms with van der Waals surface area (Å²) >= 11 is 0. The fourth-order valence-corrected chi connectivity index (χ4v) is 4.52. The summed E-state index contributed by atoms with van der Waals surface area (Å²) in [5, 5.41) is 2.64. The van der Waals surface area contributed by atoms with Crippen molar-refractivity contribution in [1.82, 2.24) is 5.32 Å². The van der Waals surface area contributed by atoms with Crippen molar-refractivity contribution in [2.75, 3.05) is 13.7 Å². The van der Waals surface area contributed by atoms with E-state index in [9.17, 15) is 4.79 Å². The molecule has 1 atom stereocenters. The van der Waals surface area contributed by atoms with Crippen molar-refractivity contribution < 1.29 is 19.0 Å². The molecule has 1 aliphatic carbocycles. The molecule has 34 heavy (non-hydrogen) atoms. The molecule has 1 fully saturated rings. The lowest BCUT2D eigenvalue weighted by molar-refractivity contribution is 0.200. The Morgan fingerprint density at radius 3 is 2.35 bits per heavy atom. The van der Waals surface area contributed by atoms with Gasteiger partial charge in [-0.1, -0.05) is 48.5 Å². The molecule has 1 N–H and O–H groups in total. The van der Waals surface area contributed by atoms with Gasteiger partial charge in [0.05, 0.1) is 13.2 Å². The van der Waals surface area contributed by atoms with Gasteiger partial charge in [-0.25, -0.2) is 4.79 Å². The summed E-state index contributed by atoms with van der Waals surface area (Å²) in [6, 6.07) is 24.5. The van der Waals surface area contributed by atoms with E-state index < -0.39 is 6.09 Å². The van der Waals surface area contributed by atoms with E-state index in [0.29, 0.717) is 12.3 Å². The minimum atomic E-state index is -0.439. The number of methoxy groups -OCH3 is 1. The van der Waals surface area contributed by atoms with Gasteiger partial charge in [-0.3, -0.25) is 0 Å². The van der Waals surface area contributed by atoms with Crippen LogP contribution >= 0.6 is 0 Å². The van der Waals surface area contributed by atoms with Crippen molar-refractivity contribution in [1.29, 1.82) is 0 Å². The second kappa shape index (κ2) is 11.6. The topological polar surface area (TPSA) is 56.8 Å². The predicted octanol–water partition coefficient (Wildman–Crippen LogP) is 6.50. The van der Waals surface area contributed by atoms with Crippen LogP contribution in [0.15, 0.2) is 72.8 Å². The zero-order valence-corrected chi connectivity index (χ0v) is 20.0. The number of hydrogen-bond acceptors (Lipinski definition) is 4. The summed E-state index contributed by atoms with van der Waals surface area (Å²) in [5.74, 6) is 2.27. The summed E-state index contributed by atoms with van der Waals surface area (Å²) < 4.78 is 17.3. The number of hydrogen-bond donors (Lipinski definition) is 1. The highest BCUT2D eigenvalue weighted by molar-refractivity contribution is 5.70. The SMILES string of the molecule is CCNC(=O)Oc1ccc(CC(c2ccccc2)c2ccc(OC)c(OC3CCCC3)c2)cc1. The highest BCUT2D eigenvalue weighted by Crippen LogP contribution is 2.37. The number of carbonyl (C=O) groups excluding carboxylic acids is 1. The molecule has 5 nitrogen and oxygen atoms in total. The summed E-state index contributed by atoms with van der Waals surface area (Å²) in [4.78, 5) is 11.7. The van der Waals surface area contributed by atoms with Gasteiger partial charge in [0.2, 0.25) is 0 Å². The van der Waals surface area contributed by atoms with Gasteiger partial charge in [0.1, 0.15) is 5.75 Å². The summed E-state index contributed by atoms with van der Waals surface area (Å²) in [6.07, 6.45) is 5.27. The molecule has 178 valence electrons. The molecule has 0 aliphatic heterocycles. The number of benzene rings is 3. The van der Waals surface area contributed by atoms with E-state index >= 15 is 0 Å². The molecule has 0 bridgehead atoms. The maximum absolute atomic E-state index is 11.7. The monoisotopic (exact) mass is 459 g/mol. The first kappa shape index (κ1) is 23.7. The largest absolute Gasteiger partial charge is 0.493 e. The fraction of sp³-hybridized carbons (Fsp3) is 0.345. The Labute approximate surface area is 202 Å². The molecule has 0 saturated heterocycles. The molecule has 1 unspecified atom stereocenters. The van der Waals surface area contributed by atoms with Crippen LogP contribution in [0, 0.1) is 0 Å². The van der Waals surface area contributed by atoms with Gasteiger partial charge >= 0.3 is 6.09 Å². The van der Waals surface area contributed by atoms with Crippen molar-refractivity contribution >= 4 is 6.09 Å². The molecule has 1 saturated carbocycles. The van der Waals surface area contributed by atoms with Crippen molar-refractivity contribution in [3.63, 3.8) is 0 Å². The van der Waals surface area contributed by atoms with Crippen LogP contribution in [-0.4, -0.2) is 25.9 Å². The minimum absolute atomic E-state index is 0.146. The first-order valence-electron chi connectivity index (χ1n) is 12.1. The molecule has 0 aromatic heterocycles. The van der Waals surface area contributed by atoms with E-state index in [4.69, 9.17) is 14.2 Å². The fourth-order valence-electron chi connectivity index (χ4n) is 4.52. The molecule has 0 heterocycles. The summed E-state index contributed by atoms with van der Waals surface area (Å²) in [5.41, 5.74) is 3.58. The van der Waals surface area contributed by atoms with Gasteiger partial charge < -0.3 is 19.5 Å². The number of ether oxygens (including phenoxy) is 3. The van der Waals surface area contributed by atoms with Gasteiger partial charge in [-0.2, -0.15) is 0 Å². The van der Waals surface area contributed by atoms with Crippen LogP contribution in [0.3, 0.4) is 0 Å². The molecule has 4 rings (SSSR count). The van der Waals surface area contributed by atoms with E-state index in [-0.39, 0.29) is 12.0 Å². The number of carbonyl (C=O) groups is 1. The van der Waals surface area contributed by atoms with E-state index in [2.05, 4.69) is 41.7 Å². The Balaban J connectivity index is 1.59. The van der Waals surface area contributed by atoms with Crippen molar-refractivity contribution in [2.45, 2.75) is 51.0 Å². The molecule has 0 radical (unpaired) electrons. The van der Waals surface area contributed by atoms with Crippen LogP contribution in [0.5, 0.6) is 17.2 Å². The molecular weight excluding hydrogens is 426 g/mol. The van der Waals surface area contributed by atoms with Gasteiger partial charge in [0, 0.05) is 12.5 Å². The average Bonchev–Trinajstić information content (AvgIpc) is 3.37. The van der Waals surface area contributed by atoms with E-state index in [1.807, 2.05) is 43.3 Å². The minimum Gasteiger partial charge on any atom is -0.493 e. The lowest BCUT2D eigenvalue weighted by Crippen LogP contribution is -2.26. The van der Waals surface area contributed by atoms with Gasteiger partial charge in [-0.05, 0) is 80.0 Å². The zero-order valence-electron chi connectivity index (χ0n) is 20.0. The molecule has 1 amide bonds. The van der Waals surface area contributed by atoms with Crippen molar-refractivity contribution in [2.24, 2.45) is 0 Å². The second-order valence-corrected chi connectivity index (χ2v) is 8.67. The Bertz CT molecular complexity index is 1060. The van der Waals surface area contributed by atoms with Gasteiger partial charge in [-0.15, -0.1) is 0 Å². The summed E-state index contributed by atoms with van der Waals surface area (Å²) in [7, 11) is 1.69. The first-order chi connectivity index (χ1) is 16.7. The van der Waals surface area contributed by atoms with Crippen LogP contribution in [0.4, 0.5) is 4.79 Å². The third-order valence-electron chi connectivity index (χ3n) is 6.28. The third-order valence-corrected chi connectivity index (χ3v) is 6.28. The predicted molar refractivity (Wildman–Crippen MR) is 134 cm³/mol. The van der Waals surface area contributed by atoms with Crippen LogP contribution < -0.4 is 19.5 Å². The molecular formula is C29H33NO4. The molecule has 0 spiro atoms. The maximum atomic E-state index is 11.7. The highest BCUT2D eigenvalue weighted by atomic mass is 16.6. The molecule has 5 heteroatoms. The van der Waals surface area contributed by atoms with Crippen molar-refractivity contribution in [3.05, 3.63) is 89.5 Å². The van der Waals surface area contributed by atoms with E-state index in [1.165, 1.54) is 24.0 Å². The van der Waals surface area contributed by atoms with E-state index in [0.717, 1.165) is 36.3 Å². The normalized spacial score (nSPS) is 14.4. The highest BCUT2D eigenvalue weighted by Gasteiger charge is 2.21. The standard InChI is InChI=1S/C29H33NO4/c1-3-30-29(31)34-25-16-13-21(14-17-25)19-26(22-9-5-4-6-10-22)23-15-18-27(32-2)28(20-23)33-24-11-7-8-12-24/h4-6,9-10,13-18,20,24,26H,3,7-8,11-12,19H2,1-2H3,(H,30,31). The number of amides is 1. The van der Waals surface area contributed by atoms with Crippen LogP contribution in [0.2, 0.25) is 0 Å². The third kappa shape index (κ3) is 6.10. The van der Waals surface area contributed by atoms with Crippen molar-refractivity contribution in [3.8, 4) is 17.2 Å². The van der Waals surface area contributed by atoms with Crippen LogP contribution in [0.1, 0.15) is 55.2 Å². The number of rotatable bonds is 9. The van der Waals surface area contributed by atoms with Crippen LogP contribution in [0.25, 0.3) is 0 Å². The van der Waals surface area contributed by atoms with E-state index in [1.54, 1.807) is 7.11 Å². The van der Waals surface area contributed by atoms with Crippen LogP contribution in [-0.2, 0) is 6.42 Å². The lowest BCUT2D eigenvalue weighted by Gasteiger charge is -2.22. The Hall–Kier alpha value is -3.47. The first-order valence-corrected chi connectivity index (χ1v) is 12.1. The lowest BCUT2D eigenvalue weighted by atomic mass is 9.86. The Kier molecular flexibility index (Phi) is 8.08. The average molecular weight is 460 g/mol. The summed E-state index contributed by atoms with van der Waals surface area (Å²) in [6.45, 7) is 2.39. The molecule has 3 aromatic carbocycles. The zero-order chi connectivity index (χ0) is 23.8. The smallest absolute Gasteiger partial charge is 0.412 e. The Morgan fingerprint density at radius 2 is 1.68 bits per heavy atom. The molecule has 3 aromatic rings. The Morgan fingerprint density at radius 1 is 0.941 bits per heavy atom. The van der Waals surface area contributed by atoms with Gasteiger partial charge in [0.25, 0.3) is 0 Å². The second-order valence-electron chi connectivity index (χ2n) is 8.67. The quantitative estimate of drug-likeness (QED) is 0.397. The number of nitrogens with one attached hydrogen (secondary N) is 1. The maximum Gasteiger partial charge on any atom is 0.412 e. The van der Waals surface area contributed by atoms with Gasteiger partial charge in [0.15, 0.2) is 11.5 Å².